The van der Waals surface area contributed by atoms with E-state index in [-0.39, 0.29) is 5.69 Å². The molecule has 0 aliphatic carbocycles. The molecule has 0 amide bonds. The van der Waals surface area contributed by atoms with Gasteiger partial charge in [0, 0.05) is 19.7 Å². The highest BCUT2D eigenvalue weighted by Crippen LogP contribution is 1.94. The molecule has 6 nitrogen and oxygen atoms in total. The Morgan fingerprint density at radius 1 is 1.36 bits per heavy atom. The Labute approximate surface area is 79.0 Å². The maximum atomic E-state index is 11.6. The highest BCUT2D eigenvalue weighted by molar-refractivity contribution is 5.35. The van der Waals surface area contributed by atoms with Crippen molar-refractivity contribution >= 4 is 5.65 Å². The van der Waals surface area contributed by atoms with Crippen LogP contribution < -0.4 is 11.4 Å². The molecule has 0 fully saturated rings. The second-order valence-electron chi connectivity index (χ2n) is 2.97. The number of hydrogen-bond acceptors (Lipinski definition) is 3. The summed E-state index contributed by atoms with van der Waals surface area (Å²) in [7, 11) is 1.44. The van der Waals surface area contributed by atoms with Crippen LogP contribution in [-0.4, -0.2) is 18.7 Å². The van der Waals surface area contributed by atoms with Crippen molar-refractivity contribution in [1.82, 2.24) is 18.7 Å². The Morgan fingerprint density at radius 3 is 2.71 bits per heavy atom. The van der Waals surface area contributed by atoms with Crippen LogP contribution in [0.25, 0.3) is 5.65 Å². The molecule has 0 saturated carbocycles. The average molecular weight is 194 g/mol. The zero-order chi connectivity index (χ0) is 10.3. The second-order valence-corrected chi connectivity index (χ2v) is 2.97. The number of aromatic nitrogens is 4. The van der Waals surface area contributed by atoms with Gasteiger partial charge in [0.05, 0.1) is 6.20 Å². The molecule has 0 spiro atoms. The maximum Gasteiger partial charge on any atom is 0.354 e. The van der Waals surface area contributed by atoms with Gasteiger partial charge in [0.2, 0.25) is 0 Å². The quantitative estimate of drug-likeness (QED) is 0.598. The van der Waals surface area contributed by atoms with Crippen molar-refractivity contribution in [2.75, 3.05) is 0 Å². The fraction of sp³-hybridized carbons (Fsp3) is 0.375. The molecule has 2 rings (SSSR count). The van der Waals surface area contributed by atoms with Gasteiger partial charge in [0.25, 0.3) is 0 Å². The molecule has 0 aliphatic rings. The van der Waals surface area contributed by atoms with Crippen molar-refractivity contribution in [2.45, 2.75) is 13.5 Å². The molecule has 2 aromatic rings. The molecule has 0 saturated heterocycles. The monoisotopic (exact) mass is 194 g/mol. The second kappa shape index (κ2) is 2.83. The van der Waals surface area contributed by atoms with Crippen molar-refractivity contribution in [1.29, 1.82) is 0 Å². The lowest BCUT2D eigenvalue weighted by molar-refractivity contribution is 0.594. The summed E-state index contributed by atoms with van der Waals surface area (Å²) in [6.07, 6.45) is 1.50. The molecular weight excluding hydrogens is 184 g/mol. The van der Waals surface area contributed by atoms with Gasteiger partial charge in [-0.3, -0.25) is 4.57 Å². The zero-order valence-corrected chi connectivity index (χ0v) is 7.97. The first-order chi connectivity index (χ1) is 6.66. The topological polar surface area (TPSA) is 61.3 Å². The smallest absolute Gasteiger partial charge is 0.278 e. The van der Waals surface area contributed by atoms with Crippen molar-refractivity contribution in [3.8, 4) is 0 Å². The lowest BCUT2D eigenvalue weighted by Crippen LogP contribution is -2.41. The molecule has 14 heavy (non-hydrogen) atoms. The normalized spacial score (nSPS) is 11.0. The van der Waals surface area contributed by atoms with E-state index in [1.807, 2.05) is 6.92 Å². The standard InChI is InChI=1S/C8H10N4O2/c1-3-11-6-4-5-9-12(6)8(14)10(2)7(11)13/h4-5H,3H2,1-2H3. The van der Waals surface area contributed by atoms with Crippen molar-refractivity contribution in [2.24, 2.45) is 7.05 Å². The molecule has 0 aliphatic heterocycles. The minimum atomic E-state index is -0.417. The van der Waals surface area contributed by atoms with Gasteiger partial charge >= 0.3 is 11.4 Å². The zero-order valence-electron chi connectivity index (χ0n) is 7.97. The van der Waals surface area contributed by atoms with Crippen LogP contribution >= 0.6 is 0 Å². The van der Waals surface area contributed by atoms with Gasteiger partial charge in [-0.15, -0.1) is 0 Å². The van der Waals surface area contributed by atoms with E-state index in [2.05, 4.69) is 5.10 Å². The fourth-order valence-electron chi connectivity index (χ4n) is 1.45. The van der Waals surface area contributed by atoms with Crippen molar-refractivity contribution in [3.63, 3.8) is 0 Å². The summed E-state index contributed by atoms with van der Waals surface area (Å²) in [6, 6.07) is 1.65. The summed E-state index contributed by atoms with van der Waals surface area (Å²) in [5.74, 6) is 0. The third-order valence-electron chi connectivity index (χ3n) is 2.20. The predicted molar refractivity (Wildman–Crippen MR) is 50.4 cm³/mol. The largest absolute Gasteiger partial charge is 0.354 e. The number of hydrogen-bond donors (Lipinski definition) is 0. The van der Waals surface area contributed by atoms with Crippen LogP contribution in [0.2, 0.25) is 0 Å². The third kappa shape index (κ3) is 0.935. The Bertz CT molecular complexity index is 589. The molecule has 2 heterocycles. The summed E-state index contributed by atoms with van der Waals surface area (Å²) in [5, 5.41) is 3.85. The summed E-state index contributed by atoms with van der Waals surface area (Å²) in [4.78, 5) is 23.1. The first-order valence-electron chi connectivity index (χ1n) is 4.30. The molecule has 74 valence electrons. The maximum absolute atomic E-state index is 11.6. The summed E-state index contributed by atoms with van der Waals surface area (Å²) in [6.45, 7) is 2.36. The van der Waals surface area contributed by atoms with E-state index in [9.17, 15) is 9.59 Å². The van der Waals surface area contributed by atoms with E-state index in [1.165, 1.54) is 22.3 Å². The molecular formula is C8H10N4O2. The van der Waals surface area contributed by atoms with Crippen LogP contribution in [0.3, 0.4) is 0 Å². The molecule has 0 radical (unpaired) electrons. The Kier molecular flexibility index (Phi) is 1.77. The SMILES string of the molecule is CCn1c(=O)n(C)c(=O)n2nccc12. The average Bonchev–Trinajstić information content (AvgIpc) is 2.64. The van der Waals surface area contributed by atoms with Gasteiger partial charge < -0.3 is 0 Å². The molecule has 0 aromatic carbocycles. The number of nitrogens with zero attached hydrogens (tertiary/aromatic N) is 4. The van der Waals surface area contributed by atoms with Crippen LogP contribution in [0.1, 0.15) is 6.92 Å². The first kappa shape index (κ1) is 8.74. The van der Waals surface area contributed by atoms with E-state index in [0.29, 0.717) is 12.2 Å². The summed E-state index contributed by atoms with van der Waals surface area (Å²) < 4.78 is 3.75. The van der Waals surface area contributed by atoms with Gasteiger partial charge in [-0.25, -0.2) is 14.2 Å². The van der Waals surface area contributed by atoms with Crippen LogP contribution in [0.15, 0.2) is 21.9 Å². The number of rotatable bonds is 1. The molecule has 0 N–H and O–H groups in total. The number of aryl methyl sites for hydroxylation is 1. The number of fused-ring (bicyclic) bond motifs is 1. The summed E-state index contributed by atoms with van der Waals surface area (Å²) >= 11 is 0. The fourth-order valence-corrected chi connectivity index (χ4v) is 1.45. The highest BCUT2D eigenvalue weighted by atomic mass is 16.2. The van der Waals surface area contributed by atoms with Gasteiger partial charge in [0.1, 0.15) is 5.65 Å². The molecule has 6 heteroatoms. The van der Waals surface area contributed by atoms with E-state index >= 15 is 0 Å². The lowest BCUT2D eigenvalue weighted by atomic mass is 10.6. The highest BCUT2D eigenvalue weighted by Gasteiger charge is 2.08. The minimum absolute atomic E-state index is 0.314. The first-order valence-corrected chi connectivity index (χ1v) is 4.30. The van der Waals surface area contributed by atoms with Gasteiger partial charge in [-0.05, 0) is 6.92 Å². The van der Waals surface area contributed by atoms with Gasteiger partial charge in [-0.2, -0.15) is 9.61 Å². The molecule has 2 aromatic heterocycles. The van der Waals surface area contributed by atoms with Crippen LogP contribution in [0, 0.1) is 0 Å². The Morgan fingerprint density at radius 2 is 2.07 bits per heavy atom. The molecule has 0 bridgehead atoms. The van der Waals surface area contributed by atoms with E-state index in [4.69, 9.17) is 0 Å². The Hall–Kier alpha value is -1.85. The van der Waals surface area contributed by atoms with Crippen molar-refractivity contribution < 1.29 is 0 Å². The summed E-state index contributed by atoms with van der Waals surface area (Å²) in [5.41, 5.74) is -0.203. The van der Waals surface area contributed by atoms with E-state index < -0.39 is 5.69 Å². The lowest BCUT2D eigenvalue weighted by Gasteiger charge is -2.06. The van der Waals surface area contributed by atoms with Gasteiger partial charge in [-0.1, -0.05) is 0 Å². The Balaban J connectivity index is 3.11. The predicted octanol–water partition coefficient (Wildman–Crippen LogP) is -0.785. The molecule has 0 unspecified atom stereocenters. The van der Waals surface area contributed by atoms with Crippen LogP contribution in [0.5, 0.6) is 0 Å². The van der Waals surface area contributed by atoms with E-state index in [0.717, 1.165) is 4.57 Å². The van der Waals surface area contributed by atoms with Crippen LogP contribution in [-0.2, 0) is 13.6 Å². The van der Waals surface area contributed by atoms with E-state index in [1.54, 1.807) is 6.07 Å². The third-order valence-corrected chi connectivity index (χ3v) is 2.20. The van der Waals surface area contributed by atoms with Gasteiger partial charge in [0.15, 0.2) is 0 Å². The minimum Gasteiger partial charge on any atom is -0.278 e. The van der Waals surface area contributed by atoms with Crippen molar-refractivity contribution in [3.05, 3.63) is 33.2 Å². The molecule has 0 atom stereocenters. The van der Waals surface area contributed by atoms with Crippen LogP contribution in [0.4, 0.5) is 0 Å².